The first-order chi connectivity index (χ1) is 13.5. The number of benzene rings is 1. The number of aliphatic carboxylic acids is 1. The summed E-state index contributed by atoms with van der Waals surface area (Å²) in [5.41, 5.74) is 0. The Hall–Kier alpha value is -2.37. The number of aliphatic hydroxyl groups excluding tert-OH is 1. The molecule has 2 N–H and O–H groups in total. The van der Waals surface area contributed by atoms with Crippen LogP contribution in [0, 0.1) is 11.8 Å². The fourth-order valence-electron chi connectivity index (χ4n) is 2.91. The van der Waals surface area contributed by atoms with E-state index in [1.807, 2.05) is 24.3 Å². The maximum atomic E-state index is 12.0. The van der Waals surface area contributed by atoms with Crippen molar-refractivity contribution in [3.05, 3.63) is 65.7 Å². The number of aliphatic hydroxyl groups is 1. The van der Waals surface area contributed by atoms with Crippen molar-refractivity contribution in [2.45, 2.75) is 31.8 Å². The van der Waals surface area contributed by atoms with Crippen LogP contribution >= 0.6 is 11.6 Å². The molecule has 0 heterocycles. The lowest BCUT2D eigenvalue weighted by Crippen LogP contribution is -2.17. The molecule has 1 aromatic rings. The normalized spacial score (nSPS) is 20.3. The molecule has 0 radical (unpaired) electrons. The average molecular weight is 405 g/mol. The predicted molar refractivity (Wildman–Crippen MR) is 108 cm³/mol. The molecule has 0 aromatic heterocycles. The molecule has 0 spiro atoms. The molecule has 3 atom stereocenters. The molecule has 0 saturated carbocycles. The molecule has 5 nitrogen and oxygen atoms in total. The van der Waals surface area contributed by atoms with E-state index in [9.17, 15) is 14.7 Å². The highest BCUT2D eigenvalue weighted by molar-refractivity contribution is 6.30. The van der Waals surface area contributed by atoms with Crippen molar-refractivity contribution in [3.8, 4) is 5.75 Å². The Kier molecular flexibility index (Phi) is 8.98. The number of ether oxygens (including phenoxy) is 1. The largest absolute Gasteiger partial charge is 0.491 e. The molecule has 6 heteroatoms. The number of carboxylic acid groups (broad SMARTS) is 1. The van der Waals surface area contributed by atoms with Crippen molar-refractivity contribution < 1.29 is 24.5 Å². The van der Waals surface area contributed by atoms with Gasteiger partial charge in [-0.3, -0.25) is 9.59 Å². The van der Waals surface area contributed by atoms with E-state index < -0.39 is 12.1 Å². The molecule has 0 amide bonds. The monoisotopic (exact) mass is 404 g/mol. The minimum Gasteiger partial charge on any atom is -0.491 e. The second-order valence-corrected chi connectivity index (χ2v) is 7.10. The number of halogens is 1. The second kappa shape index (κ2) is 11.5. The highest BCUT2D eigenvalue weighted by Crippen LogP contribution is 2.27. The number of ketones is 1. The molecule has 2 rings (SSSR count). The van der Waals surface area contributed by atoms with E-state index in [4.69, 9.17) is 21.4 Å². The molecule has 1 aliphatic carbocycles. The van der Waals surface area contributed by atoms with Crippen LogP contribution in [0.2, 0.25) is 5.02 Å². The van der Waals surface area contributed by atoms with Gasteiger partial charge in [-0.25, -0.2) is 0 Å². The van der Waals surface area contributed by atoms with Gasteiger partial charge in [-0.1, -0.05) is 48.0 Å². The van der Waals surface area contributed by atoms with Gasteiger partial charge in [0, 0.05) is 23.3 Å². The first-order valence-corrected chi connectivity index (χ1v) is 9.67. The summed E-state index contributed by atoms with van der Waals surface area (Å²) in [7, 11) is 0. The Morgan fingerprint density at radius 1 is 1.32 bits per heavy atom. The summed E-state index contributed by atoms with van der Waals surface area (Å²) in [5, 5.41) is 19.3. The number of carboxylic acids is 1. The van der Waals surface area contributed by atoms with Crippen LogP contribution in [0.25, 0.3) is 0 Å². The highest BCUT2D eigenvalue weighted by atomic mass is 35.5. The molecule has 0 fully saturated rings. The Labute approximate surface area is 170 Å². The number of unbranched alkanes of at least 4 members (excludes halogenated alkanes) is 1. The van der Waals surface area contributed by atoms with Gasteiger partial charge < -0.3 is 14.9 Å². The molecule has 150 valence electrons. The van der Waals surface area contributed by atoms with Crippen molar-refractivity contribution in [1.82, 2.24) is 0 Å². The van der Waals surface area contributed by atoms with Crippen LogP contribution in [0.4, 0.5) is 0 Å². The molecule has 1 aliphatic rings. The fraction of sp³-hybridized carbons (Fsp3) is 0.364. The zero-order chi connectivity index (χ0) is 20.4. The van der Waals surface area contributed by atoms with Gasteiger partial charge in [-0.15, -0.1) is 0 Å². The van der Waals surface area contributed by atoms with E-state index in [0.717, 1.165) is 0 Å². The van der Waals surface area contributed by atoms with Crippen LogP contribution in [-0.4, -0.2) is 34.7 Å². The molecule has 28 heavy (non-hydrogen) atoms. The lowest BCUT2D eigenvalue weighted by Gasteiger charge is -2.14. The molecular weight excluding hydrogens is 380 g/mol. The topological polar surface area (TPSA) is 83.8 Å². The third-order valence-electron chi connectivity index (χ3n) is 4.40. The number of allylic oxidation sites excluding steroid dienone is 5. The van der Waals surface area contributed by atoms with E-state index in [-0.39, 0.29) is 30.6 Å². The maximum Gasteiger partial charge on any atom is 0.303 e. The summed E-state index contributed by atoms with van der Waals surface area (Å²) in [5.74, 6) is -0.409. The quantitative estimate of drug-likeness (QED) is 0.426. The standard InChI is InChI=1S/C22H25ClO5/c23-17-6-5-7-19(14-17)28-15-18(24)12-10-16-11-13-21(25)20(16)8-3-1-2-4-9-22(26)27/h1,3,5-7,10-14,16,18,20,24H,2,4,8-9,15H2,(H,26,27)/b3-1-,12-10+/t16-,18+,20+/m0/s1. The third-order valence-corrected chi connectivity index (χ3v) is 4.64. The number of carbonyl (C=O) groups is 2. The van der Waals surface area contributed by atoms with Crippen molar-refractivity contribution in [2.75, 3.05) is 6.61 Å². The summed E-state index contributed by atoms with van der Waals surface area (Å²) in [6.07, 6.45) is 11.9. The van der Waals surface area contributed by atoms with E-state index >= 15 is 0 Å². The lowest BCUT2D eigenvalue weighted by atomic mass is 9.90. The first-order valence-electron chi connectivity index (χ1n) is 9.29. The van der Waals surface area contributed by atoms with Gasteiger partial charge in [0.2, 0.25) is 0 Å². The van der Waals surface area contributed by atoms with Crippen LogP contribution in [0.1, 0.15) is 25.7 Å². The molecule has 0 saturated heterocycles. The van der Waals surface area contributed by atoms with Crippen LogP contribution in [0.15, 0.2) is 60.7 Å². The maximum absolute atomic E-state index is 12.0. The van der Waals surface area contributed by atoms with Crippen LogP contribution in [-0.2, 0) is 9.59 Å². The van der Waals surface area contributed by atoms with Crippen LogP contribution in [0.5, 0.6) is 5.75 Å². The van der Waals surface area contributed by atoms with Crippen molar-refractivity contribution >= 4 is 23.4 Å². The summed E-state index contributed by atoms with van der Waals surface area (Å²) >= 11 is 5.89. The zero-order valence-corrected chi connectivity index (χ0v) is 16.3. The number of hydrogen-bond donors (Lipinski definition) is 2. The summed E-state index contributed by atoms with van der Waals surface area (Å²) in [6.45, 7) is 0.0926. The van der Waals surface area contributed by atoms with Crippen molar-refractivity contribution in [2.24, 2.45) is 11.8 Å². The van der Waals surface area contributed by atoms with Crippen molar-refractivity contribution in [3.63, 3.8) is 0 Å². The minimum atomic E-state index is -0.799. The average Bonchev–Trinajstić information content (AvgIpc) is 3.01. The van der Waals surface area contributed by atoms with Gasteiger partial charge in [-0.05, 0) is 43.5 Å². The Bertz CT molecular complexity index is 753. The van der Waals surface area contributed by atoms with Gasteiger partial charge in [0.25, 0.3) is 0 Å². The van der Waals surface area contributed by atoms with E-state index in [2.05, 4.69) is 0 Å². The van der Waals surface area contributed by atoms with E-state index in [0.29, 0.717) is 30.0 Å². The number of hydrogen-bond acceptors (Lipinski definition) is 4. The van der Waals surface area contributed by atoms with Gasteiger partial charge in [0.05, 0.1) is 0 Å². The molecule has 1 aromatic carbocycles. The second-order valence-electron chi connectivity index (χ2n) is 6.66. The van der Waals surface area contributed by atoms with Crippen molar-refractivity contribution in [1.29, 1.82) is 0 Å². The fourth-order valence-corrected chi connectivity index (χ4v) is 3.09. The highest BCUT2D eigenvalue weighted by Gasteiger charge is 2.27. The van der Waals surface area contributed by atoms with E-state index in [1.54, 1.807) is 36.4 Å². The number of rotatable bonds is 11. The van der Waals surface area contributed by atoms with Crippen LogP contribution in [0.3, 0.4) is 0 Å². The molecule has 0 unspecified atom stereocenters. The molecular formula is C22H25ClO5. The van der Waals surface area contributed by atoms with Gasteiger partial charge in [0.1, 0.15) is 18.5 Å². The first kappa shape index (κ1) is 21.9. The summed E-state index contributed by atoms with van der Waals surface area (Å²) in [6, 6.07) is 6.96. The Balaban J connectivity index is 1.78. The van der Waals surface area contributed by atoms with E-state index in [1.165, 1.54) is 0 Å². The summed E-state index contributed by atoms with van der Waals surface area (Å²) in [4.78, 5) is 22.5. The predicted octanol–water partition coefficient (Wildman–Crippen LogP) is 4.21. The van der Waals surface area contributed by atoms with Gasteiger partial charge >= 0.3 is 5.97 Å². The lowest BCUT2D eigenvalue weighted by molar-refractivity contribution is -0.137. The van der Waals surface area contributed by atoms with Crippen LogP contribution < -0.4 is 4.74 Å². The zero-order valence-electron chi connectivity index (χ0n) is 15.5. The summed E-state index contributed by atoms with van der Waals surface area (Å²) < 4.78 is 5.51. The molecule has 0 bridgehead atoms. The smallest absolute Gasteiger partial charge is 0.303 e. The Morgan fingerprint density at radius 2 is 2.14 bits per heavy atom. The Morgan fingerprint density at radius 3 is 2.89 bits per heavy atom. The molecule has 0 aliphatic heterocycles. The van der Waals surface area contributed by atoms with Gasteiger partial charge in [-0.2, -0.15) is 0 Å². The third kappa shape index (κ3) is 7.71. The number of carbonyl (C=O) groups excluding carboxylic acids is 1. The SMILES string of the molecule is O=C(O)CCC/C=C\C[C@H]1C(=O)C=C[C@@H]1/C=C/[C@@H](O)COc1cccc(Cl)c1. The minimum absolute atomic E-state index is 0.0644. The van der Waals surface area contributed by atoms with Gasteiger partial charge in [0.15, 0.2) is 5.78 Å².